The summed E-state index contributed by atoms with van der Waals surface area (Å²) in [6, 6.07) is -5.02. The van der Waals surface area contributed by atoms with E-state index in [1.807, 2.05) is 0 Å². The summed E-state index contributed by atoms with van der Waals surface area (Å²) in [4.78, 5) is 103. The van der Waals surface area contributed by atoms with Crippen LogP contribution in [-0.4, -0.2) is 110 Å². The van der Waals surface area contributed by atoms with Crippen molar-refractivity contribution in [2.45, 2.75) is 353 Å². The number of Topliss-reactive ketones (excluding diaryl/α,β-unsaturated/α-hetero) is 1. The summed E-state index contributed by atoms with van der Waals surface area (Å²) >= 11 is 4.64. The highest BCUT2D eigenvalue weighted by molar-refractivity contribution is 7.80. The predicted molar refractivity (Wildman–Crippen MR) is 340 cm³/mol. The van der Waals surface area contributed by atoms with Crippen LogP contribution in [0, 0.1) is 0 Å². The minimum atomic E-state index is -2.53. The number of nitrogens with two attached hydrogens (primary N) is 3. The van der Waals surface area contributed by atoms with Crippen LogP contribution in [0.4, 0.5) is 0 Å². The molecular weight excluding hydrogens is 1050 g/mol. The lowest BCUT2D eigenvalue weighted by Crippen LogP contribution is -2.70. The van der Waals surface area contributed by atoms with Crippen molar-refractivity contribution >= 4 is 53.9 Å². The quantitative estimate of drug-likeness (QED) is 0.0170. The number of carboxylic acid groups (broad SMARTS) is 1. The van der Waals surface area contributed by atoms with Crippen molar-refractivity contribution < 1.29 is 43.8 Å². The molecule has 0 radical (unpaired) electrons. The van der Waals surface area contributed by atoms with E-state index in [4.69, 9.17) is 17.2 Å². The molecule has 4 atom stereocenters. The topological polar surface area (TPSA) is 257 Å². The van der Waals surface area contributed by atoms with Crippen LogP contribution in [0.3, 0.4) is 0 Å². The molecule has 0 aromatic rings. The number of hydrogen-bond donors (Lipinski definition) is 7. The second kappa shape index (κ2) is 54.7. The molecule has 480 valence electrons. The molecule has 0 aliphatic carbocycles. The van der Waals surface area contributed by atoms with E-state index in [-0.39, 0.29) is 45.1 Å². The van der Waals surface area contributed by atoms with Crippen LogP contribution < -0.4 is 22.5 Å². The molecule has 0 spiro atoms. The van der Waals surface area contributed by atoms with Crippen LogP contribution in [0.15, 0.2) is 0 Å². The summed E-state index contributed by atoms with van der Waals surface area (Å²) in [5.74, 6) is -7.69. The van der Waals surface area contributed by atoms with Crippen molar-refractivity contribution in [1.29, 1.82) is 0 Å². The first-order valence-corrected chi connectivity index (χ1v) is 34.6. The number of carboxylic acids is 1. The molecule has 0 unspecified atom stereocenters. The first-order valence-electron chi connectivity index (χ1n) is 34.0. The zero-order valence-corrected chi connectivity index (χ0v) is 53.7. The molecule has 0 rings (SSSR count). The Morgan fingerprint density at radius 2 is 0.768 bits per heavy atom. The lowest BCUT2D eigenvalue weighted by atomic mass is 9.87. The van der Waals surface area contributed by atoms with Gasteiger partial charge in [0, 0.05) is 25.0 Å². The van der Waals surface area contributed by atoms with Crippen LogP contribution in [0.2, 0.25) is 0 Å². The molecule has 0 aliphatic heterocycles. The van der Waals surface area contributed by atoms with E-state index in [0.29, 0.717) is 69.2 Å². The number of ketones is 1. The highest BCUT2D eigenvalue weighted by Gasteiger charge is 2.54. The fraction of sp³-hybridized carbons (Fsp3) is 0.894. The van der Waals surface area contributed by atoms with Crippen molar-refractivity contribution in [2.24, 2.45) is 17.2 Å². The minimum Gasteiger partial charge on any atom is -0.480 e. The maximum atomic E-state index is 15.3. The number of rotatable bonds is 60. The van der Waals surface area contributed by atoms with E-state index in [0.717, 1.165) is 81.9 Å². The number of nitrogens with zero attached hydrogens (tertiary/aromatic N) is 2. The van der Waals surface area contributed by atoms with Gasteiger partial charge in [0.05, 0.1) is 12.6 Å². The van der Waals surface area contributed by atoms with Gasteiger partial charge in [-0.15, -0.1) is 0 Å². The van der Waals surface area contributed by atoms with Gasteiger partial charge in [-0.3, -0.25) is 38.6 Å². The van der Waals surface area contributed by atoms with Gasteiger partial charge < -0.3 is 32.7 Å². The Bertz CT molecular complexity index is 1600. The number of unbranched alkanes of at least 4 members (excludes halogenated alkanes) is 38. The Balaban J connectivity index is 6.92. The smallest absolute Gasteiger partial charge is 0.326 e. The maximum Gasteiger partial charge on any atom is 0.326 e. The summed E-state index contributed by atoms with van der Waals surface area (Å²) in [5, 5.41) is 23.9. The molecule has 82 heavy (non-hydrogen) atoms. The molecule has 5 amide bonds. The monoisotopic (exact) mass is 1180 g/mol. The number of nitrogens with one attached hydrogen (secondary N) is 1. The summed E-state index contributed by atoms with van der Waals surface area (Å²) in [5.41, 5.74) is 15.2. The van der Waals surface area contributed by atoms with E-state index in [2.05, 4.69) is 38.7 Å². The van der Waals surface area contributed by atoms with Crippen LogP contribution in [0.5, 0.6) is 0 Å². The van der Waals surface area contributed by atoms with Gasteiger partial charge in [0.25, 0.3) is 11.8 Å². The van der Waals surface area contributed by atoms with E-state index in [1.165, 1.54) is 135 Å². The van der Waals surface area contributed by atoms with Gasteiger partial charge in [-0.1, -0.05) is 258 Å². The highest BCUT2D eigenvalue weighted by Crippen LogP contribution is 2.29. The summed E-state index contributed by atoms with van der Waals surface area (Å²) in [7, 11) is 0. The molecule has 0 aromatic heterocycles. The third kappa shape index (κ3) is 36.2. The van der Waals surface area contributed by atoms with Gasteiger partial charge in [-0.25, -0.2) is 4.79 Å². The van der Waals surface area contributed by atoms with E-state index in [1.54, 1.807) is 0 Å². The molecular formula is C66H126N6O9S. The molecule has 0 bridgehead atoms. The van der Waals surface area contributed by atoms with Gasteiger partial charge in [0.15, 0.2) is 11.3 Å². The van der Waals surface area contributed by atoms with E-state index < -0.39 is 77.3 Å². The predicted octanol–water partition coefficient (Wildman–Crippen LogP) is 13.9. The lowest BCUT2D eigenvalue weighted by Gasteiger charge is -2.40. The number of aliphatic hydroxyl groups excluding tert-OH is 1. The number of amides is 5. The van der Waals surface area contributed by atoms with Crippen molar-refractivity contribution in [1.82, 2.24) is 15.1 Å². The number of aliphatic hydroxyl groups is 1. The molecule has 0 aliphatic rings. The van der Waals surface area contributed by atoms with Crippen LogP contribution in [0.1, 0.15) is 329 Å². The average molecular weight is 1180 g/mol. The van der Waals surface area contributed by atoms with Crippen molar-refractivity contribution in [3.8, 4) is 0 Å². The number of thiol groups is 1. The van der Waals surface area contributed by atoms with Gasteiger partial charge in [-0.2, -0.15) is 12.6 Å². The lowest BCUT2D eigenvalue weighted by molar-refractivity contribution is -0.164. The Morgan fingerprint density at radius 3 is 1.07 bits per heavy atom. The first kappa shape index (κ1) is 79.1. The fourth-order valence-electron chi connectivity index (χ4n) is 11.2. The number of aliphatic carboxylic acids is 1. The third-order valence-corrected chi connectivity index (χ3v) is 17.0. The normalized spacial score (nSPS) is 13.3. The molecule has 0 heterocycles. The van der Waals surface area contributed by atoms with E-state index >= 15 is 9.59 Å². The van der Waals surface area contributed by atoms with Gasteiger partial charge >= 0.3 is 5.97 Å². The molecule has 0 fully saturated rings. The van der Waals surface area contributed by atoms with Crippen molar-refractivity contribution in [2.75, 3.05) is 25.4 Å². The van der Waals surface area contributed by atoms with Crippen molar-refractivity contribution in [3.63, 3.8) is 0 Å². The molecule has 15 nitrogen and oxygen atoms in total. The summed E-state index contributed by atoms with van der Waals surface area (Å²) in [6.45, 7) is 6.12. The fourth-order valence-corrected chi connectivity index (χ4v) is 11.6. The molecule has 9 N–H and O–H groups in total. The van der Waals surface area contributed by atoms with Crippen LogP contribution >= 0.6 is 12.6 Å². The second-order valence-electron chi connectivity index (χ2n) is 23.8. The number of hydrogen-bond acceptors (Lipinski definition) is 12. The van der Waals surface area contributed by atoms with Gasteiger partial charge in [0.1, 0.15) is 12.1 Å². The Hall–Kier alpha value is -2.92. The van der Waals surface area contributed by atoms with Gasteiger partial charge in [0.2, 0.25) is 17.7 Å². The zero-order valence-electron chi connectivity index (χ0n) is 52.8. The third-order valence-electron chi connectivity index (χ3n) is 16.5. The van der Waals surface area contributed by atoms with Gasteiger partial charge in [-0.05, 0) is 64.5 Å². The first-order chi connectivity index (χ1) is 39.8. The highest BCUT2D eigenvalue weighted by atomic mass is 32.1. The standard InChI is InChI=1S/C66H126N6O9S/c1-4-7-10-13-16-19-22-25-28-31-34-37-40-49-59(74)66(55-82,65(81)70-57(54-73)63(78)71(58(64(79)80)48-44-46-53-68)62(77)56(69)47-43-45-52-67)72(60(75)50-41-38-35-32-29-26-23-20-17-14-11-8-5-2)61(76)51-42-39-36-33-30-27-24-21-18-15-12-9-6-3/h56-58,73,82H,4-55,67-69H2,1-3H3,(H,70,81)(H,79,80)/t56-,57-,58-,66-/m0/s1. The van der Waals surface area contributed by atoms with Crippen LogP contribution in [0.25, 0.3) is 0 Å². The Morgan fingerprint density at radius 1 is 0.451 bits per heavy atom. The summed E-state index contributed by atoms with van der Waals surface area (Å²) in [6.07, 6.45) is 43.2. The Labute approximate surface area is 505 Å². The second-order valence-corrected chi connectivity index (χ2v) is 24.1. The number of carbonyl (C=O) groups is 7. The van der Waals surface area contributed by atoms with E-state index in [9.17, 15) is 34.2 Å². The minimum absolute atomic E-state index is 0.0826. The average Bonchev–Trinajstić information content (AvgIpc) is 3.52. The largest absolute Gasteiger partial charge is 0.480 e. The number of carbonyl (C=O) groups excluding carboxylic acids is 6. The SMILES string of the molecule is CCCCCCCCCCCCCCCC(=O)N(C(=O)CCCCCCCCCCCCCCC)[C@@](CS)(C(=O)CCCCCCCCCCCCCCC)C(=O)N[C@@H](CO)C(=O)N(C(=O)[C@@H](N)CCCCN)[C@@H](CCCCN)C(=O)O. The Kier molecular flexibility index (Phi) is 52.8. The van der Waals surface area contributed by atoms with Crippen molar-refractivity contribution in [3.05, 3.63) is 0 Å². The molecule has 0 saturated heterocycles. The number of imide groups is 2. The molecule has 0 aromatic carbocycles. The maximum absolute atomic E-state index is 15.3. The molecule has 16 heteroatoms. The van der Waals surface area contributed by atoms with Crippen LogP contribution in [-0.2, 0) is 33.6 Å². The summed E-state index contributed by atoms with van der Waals surface area (Å²) < 4.78 is 0. The molecule has 0 saturated carbocycles. The zero-order chi connectivity index (χ0) is 60.9.